The molecular formula is C22H29N3O. The molecule has 2 N–H and O–H groups in total. The van der Waals surface area contributed by atoms with Gasteiger partial charge in [0.05, 0.1) is 0 Å². The van der Waals surface area contributed by atoms with Crippen LogP contribution in [0, 0.1) is 6.92 Å². The van der Waals surface area contributed by atoms with E-state index in [2.05, 4.69) is 58.9 Å². The Kier molecular flexibility index (Phi) is 6.16. The van der Waals surface area contributed by atoms with Crippen molar-refractivity contribution in [1.82, 2.24) is 5.32 Å². The van der Waals surface area contributed by atoms with Gasteiger partial charge >= 0.3 is 0 Å². The summed E-state index contributed by atoms with van der Waals surface area (Å²) in [7, 11) is 0. The normalized spacial score (nSPS) is 15.4. The van der Waals surface area contributed by atoms with Crippen molar-refractivity contribution in [2.75, 3.05) is 23.3 Å². The van der Waals surface area contributed by atoms with Crippen molar-refractivity contribution in [2.24, 2.45) is 0 Å². The van der Waals surface area contributed by atoms with Crippen molar-refractivity contribution in [3.05, 3.63) is 59.7 Å². The Balaban J connectivity index is 1.49. The quantitative estimate of drug-likeness (QED) is 0.823. The fourth-order valence-corrected chi connectivity index (χ4v) is 3.28. The van der Waals surface area contributed by atoms with Gasteiger partial charge in [-0.15, -0.1) is 0 Å². The SMILES string of the molecule is Cc1ccc(CNC(=O)[C@@H](C)Nc2ccc(N3CCCCC3)cc2)cc1. The van der Waals surface area contributed by atoms with Gasteiger partial charge in [-0.2, -0.15) is 0 Å². The summed E-state index contributed by atoms with van der Waals surface area (Å²) in [6, 6.07) is 16.4. The van der Waals surface area contributed by atoms with E-state index in [4.69, 9.17) is 0 Å². The highest BCUT2D eigenvalue weighted by atomic mass is 16.2. The van der Waals surface area contributed by atoms with Gasteiger partial charge < -0.3 is 15.5 Å². The molecule has 0 aliphatic carbocycles. The molecule has 1 amide bonds. The van der Waals surface area contributed by atoms with Crippen LogP contribution in [0.3, 0.4) is 0 Å². The van der Waals surface area contributed by atoms with Crippen LogP contribution in [0.1, 0.15) is 37.3 Å². The maximum absolute atomic E-state index is 12.3. The van der Waals surface area contributed by atoms with E-state index in [1.165, 1.54) is 30.5 Å². The van der Waals surface area contributed by atoms with Gasteiger partial charge in [-0.1, -0.05) is 29.8 Å². The van der Waals surface area contributed by atoms with E-state index in [1.807, 2.05) is 19.1 Å². The summed E-state index contributed by atoms with van der Waals surface area (Å²) in [6.07, 6.45) is 3.89. The van der Waals surface area contributed by atoms with E-state index >= 15 is 0 Å². The molecule has 4 heteroatoms. The summed E-state index contributed by atoms with van der Waals surface area (Å²) in [5.41, 5.74) is 4.58. The topological polar surface area (TPSA) is 44.4 Å². The maximum Gasteiger partial charge on any atom is 0.242 e. The standard InChI is InChI=1S/C22H29N3O/c1-17-6-8-19(9-7-17)16-23-22(26)18(2)24-20-10-12-21(13-11-20)25-14-4-3-5-15-25/h6-13,18,24H,3-5,14-16H2,1-2H3,(H,23,26)/t18-/m1/s1. The van der Waals surface area contributed by atoms with Gasteiger partial charge in [0.2, 0.25) is 5.91 Å². The Morgan fingerprint density at radius 3 is 2.31 bits per heavy atom. The third kappa shape index (κ3) is 5.01. The molecule has 0 aromatic heterocycles. The molecule has 1 aliphatic heterocycles. The Morgan fingerprint density at radius 1 is 1.00 bits per heavy atom. The number of piperidine rings is 1. The molecule has 1 aliphatic rings. The zero-order chi connectivity index (χ0) is 18.4. The molecule has 0 radical (unpaired) electrons. The molecule has 0 unspecified atom stereocenters. The van der Waals surface area contributed by atoms with Gasteiger partial charge in [-0.25, -0.2) is 0 Å². The van der Waals surface area contributed by atoms with Crippen molar-refractivity contribution in [1.29, 1.82) is 0 Å². The van der Waals surface area contributed by atoms with Crippen LogP contribution in [0.25, 0.3) is 0 Å². The second kappa shape index (κ2) is 8.75. The average Bonchev–Trinajstić information content (AvgIpc) is 2.68. The summed E-state index contributed by atoms with van der Waals surface area (Å²) in [6.45, 7) is 6.79. The first-order valence-corrected chi connectivity index (χ1v) is 9.56. The molecule has 2 aromatic rings. The molecule has 0 saturated carbocycles. The number of carbonyl (C=O) groups excluding carboxylic acids is 1. The Bertz CT molecular complexity index is 703. The monoisotopic (exact) mass is 351 g/mol. The van der Waals surface area contributed by atoms with Crippen LogP contribution in [-0.4, -0.2) is 25.0 Å². The highest BCUT2D eigenvalue weighted by molar-refractivity contribution is 5.84. The first-order chi connectivity index (χ1) is 12.6. The number of nitrogens with zero attached hydrogens (tertiary/aromatic N) is 1. The summed E-state index contributed by atoms with van der Waals surface area (Å²) in [5, 5.41) is 6.28. The first kappa shape index (κ1) is 18.3. The summed E-state index contributed by atoms with van der Waals surface area (Å²) in [5.74, 6) is 0.00526. The summed E-state index contributed by atoms with van der Waals surface area (Å²) in [4.78, 5) is 14.8. The first-order valence-electron chi connectivity index (χ1n) is 9.56. The Hall–Kier alpha value is -2.49. The van der Waals surface area contributed by atoms with E-state index in [-0.39, 0.29) is 11.9 Å². The number of amides is 1. The van der Waals surface area contributed by atoms with Crippen LogP contribution >= 0.6 is 0 Å². The minimum absolute atomic E-state index is 0.00526. The number of hydrogen-bond acceptors (Lipinski definition) is 3. The van der Waals surface area contributed by atoms with Crippen LogP contribution in [0.4, 0.5) is 11.4 Å². The van der Waals surface area contributed by atoms with Crippen LogP contribution in [0.15, 0.2) is 48.5 Å². The van der Waals surface area contributed by atoms with Gasteiger partial charge in [0, 0.05) is 31.0 Å². The lowest BCUT2D eigenvalue weighted by atomic mass is 10.1. The van der Waals surface area contributed by atoms with E-state index in [0.29, 0.717) is 6.54 Å². The maximum atomic E-state index is 12.3. The fourth-order valence-electron chi connectivity index (χ4n) is 3.28. The lowest BCUT2D eigenvalue weighted by Crippen LogP contribution is -2.37. The van der Waals surface area contributed by atoms with Gasteiger partial charge in [-0.05, 0) is 62.9 Å². The Morgan fingerprint density at radius 2 is 1.65 bits per heavy atom. The molecule has 1 heterocycles. The van der Waals surface area contributed by atoms with Gasteiger partial charge in [0.25, 0.3) is 0 Å². The van der Waals surface area contributed by atoms with E-state index < -0.39 is 0 Å². The number of nitrogens with one attached hydrogen (secondary N) is 2. The van der Waals surface area contributed by atoms with Crippen molar-refractivity contribution in [3.63, 3.8) is 0 Å². The fraction of sp³-hybridized carbons (Fsp3) is 0.409. The predicted molar refractivity (Wildman–Crippen MR) is 109 cm³/mol. The number of anilines is 2. The lowest BCUT2D eigenvalue weighted by Gasteiger charge is -2.29. The van der Waals surface area contributed by atoms with Crippen LogP contribution < -0.4 is 15.5 Å². The van der Waals surface area contributed by atoms with Crippen LogP contribution in [0.5, 0.6) is 0 Å². The number of hydrogen-bond donors (Lipinski definition) is 2. The molecule has 4 nitrogen and oxygen atoms in total. The number of aryl methyl sites for hydroxylation is 1. The second-order valence-electron chi connectivity index (χ2n) is 7.16. The number of benzene rings is 2. The molecule has 1 atom stereocenters. The van der Waals surface area contributed by atoms with Gasteiger partial charge in [-0.3, -0.25) is 4.79 Å². The molecular weight excluding hydrogens is 322 g/mol. The van der Waals surface area contributed by atoms with Crippen molar-refractivity contribution in [3.8, 4) is 0 Å². The molecule has 0 bridgehead atoms. The largest absolute Gasteiger partial charge is 0.374 e. The third-order valence-electron chi connectivity index (χ3n) is 4.95. The minimum atomic E-state index is -0.277. The minimum Gasteiger partial charge on any atom is -0.374 e. The smallest absolute Gasteiger partial charge is 0.242 e. The summed E-state index contributed by atoms with van der Waals surface area (Å²) < 4.78 is 0. The summed E-state index contributed by atoms with van der Waals surface area (Å²) >= 11 is 0. The van der Waals surface area contributed by atoms with E-state index in [1.54, 1.807) is 0 Å². The van der Waals surface area contributed by atoms with Gasteiger partial charge in [0.1, 0.15) is 6.04 Å². The molecule has 1 fully saturated rings. The molecule has 1 saturated heterocycles. The molecule has 26 heavy (non-hydrogen) atoms. The highest BCUT2D eigenvalue weighted by Gasteiger charge is 2.13. The third-order valence-corrected chi connectivity index (χ3v) is 4.95. The molecule has 0 spiro atoms. The molecule has 3 rings (SSSR count). The van der Waals surface area contributed by atoms with Crippen molar-refractivity contribution >= 4 is 17.3 Å². The Labute approximate surface area is 156 Å². The highest BCUT2D eigenvalue weighted by Crippen LogP contribution is 2.22. The van der Waals surface area contributed by atoms with E-state index in [9.17, 15) is 4.79 Å². The predicted octanol–water partition coefficient (Wildman–Crippen LogP) is 4.10. The van der Waals surface area contributed by atoms with Crippen molar-refractivity contribution < 1.29 is 4.79 Å². The zero-order valence-electron chi connectivity index (χ0n) is 15.8. The lowest BCUT2D eigenvalue weighted by molar-refractivity contribution is -0.121. The average molecular weight is 351 g/mol. The zero-order valence-corrected chi connectivity index (χ0v) is 15.8. The van der Waals surface area contributed by atoms with Gasteiger partial charge in [0.15, 0.2) is 0 Å². The number of carbonyl (C=O) groups is 1. The van der Waals surface area contributed by atoms with Crippen LogP contribution in [0.2, 0.25) is 0 Å². The molecule has 138 valence electrons. The second-order valence-corrected chi connectivity index (χ2v) is 7.16. The van der Waals surface area contributed by atoms with E-state index in [0.717, 1.165) is 24.3 Å². The van der Waals surface area contributed by atoms with Crippen molar-refractivity contribution in [2.45, 2.75) is 45.7 Å². The number of rotatable bonds is 6. The molecule has 2 aromatic carbocycles. The van der Waals surface area contributed by atoms with Crippen LogP contribution in [-0.2, 0) is 11.3 Å².